The second-order valence-electron chi connectivity index (χ2n) is 7.06. The van der Waals surface area contributed by atoms with Gasteiger partial charge in [0, 0.05) is 51.4 Å². The summed E-state index contributed by atoms with van der Waals surface area (Å²) < 4.78 is 0. The van der Waals surface area contributed by atoms with Crippen LogP contribution in [0.15, 0.2) is 65.7 Å². The molecule has 1 fully saturated rings. The number of rotatable bonds is 7. The second kappa shape index (κ2) is 11.1. The van der Waals surface area contributed by atoms with Gasteiger partial charge in [0.05, 0.1) is 6.54 Å². The van der Waals surface area contributed by atoms with Gasteiger partial charge in [-0.15, -0.1) is 0 Å². The van der Waals surface area contributed by atoms with E-state index in [0.717, 1.165) is 44.2 Å². The van der Waals surface area contributed by atoms with E-state index in [1.807, 2.05) is 36.4 Å². The van der Waals surface area contributed by atoms with Gasteiger partial charge in [0.15, 0.2) is 5.96 Å². The third-order valence-corrected chi connectivity index (χ3v) is 4.97. The van der Waals surface area contributed by atoms with Crippen molar-refractivity contribution in [2.24, 2.45) is 4.99 Å². The van der Waals surface area contributed by atoms with Crippen molar-refractivity contribution in [1.29, 1.82) is 0 Å². The summed E-state index contributed by atoms with van der Waals surface area (Å²) in [5, 5.41) is 6.32. The molecular formula is C23H31N5O. The van der Waals surface area contributed by atoms with Gasteiger partial charge in [-0.3, -0.25) is 9.79 Å². The average molecular weight is 394 g/mol. The molecule has 3 rings (SSSR count). The number of hydrogen-bond donors (Lipinski definition) is 2. The first-order valence-electron chi connectivity index (χ1n) is 10.4. The second-order valence-corrected chi connectivity index (χ2v) is 7.06. The molecule has 1 aliphatic rings. The molecule has 1 amide bonds. The highest BCUT2D eigenvalue weighted by atomic mass is 16.1. The number of para-hydroxylation sites is 1. The van der Waals surface area contributed by atoms with Crippen molar-refractivity contribution in [1.82, 2.24) is 15.5 Å². The van der Waals surface area contributed by atoms with Crippen LogP contribution in [0.3, 0.4) is 0 Å². The minimum Gasteiger partial charge on any atom is -0.368 e. The van der Waals surface area contributed by atoms with Crippen molar-refractivity contribution in [2.45, 2.75) is 19.9 Å². The molecule has 0 atom stereocenters. The summed E-state index contributed by atoms with van der Waals surface area (Å²) >= 11 is 0. The zero-order valence-corrected chi connectivity index (χ0v) is 17.2. The molecule has 1 heterocycles. The van der Waals surface area contributed by atoms with Crippen LogP contribution in [0, 0.1) is 0 Å². The lowest BCUT2D eigenvalue weighted by Gasteiger charge is -2.37. The van der Waals surface area contributed by atoms with Crippen molar-refractivity contribution in [2.75, 3.05) is 44.2 Å². The van der Waals surface area contributed by atoms with Crippen LogP contribution in [-0.4, -0.2) is 56.0 Å². The summed E-state index contributed by atoms with van der Waals surface area (Å²) in [5.74, 6) is 0.929. The zero-order chi connectivity index (χ0) is 20.3. The van der Waals surface area contributed by atoms with Crippen molar-refractivity contribution in [3.8, 4) is 0 Å². The van der Waals surface area contributed by atoms with Crippen molar-refractivity contribution >= 4 is 17.6 Å². The number of aliphatic imine (C=N–C) groups is 1. The Morgan fingerprint density at radius 1 is 0.931 bits per heavy atom. The summed E-state index contributed by atoms with van der Waals surface area (Å²) in [6.45, 7) is 7.70. The minimum absolute atomic E-state index is 0.0300. The van der Waals surface area contributed by atoms with E-state index in [4.69, 9.17) is 0 Å². The van der Waals surface area contributed by atoms with Crippen molar-refractivity contribution in [3.63, 3.8) is 0 Å². The van der Waals surface area contributed by atoms with E-state index in [-0.39, 0.29) is 5.91 Å². The Labute approximate surface area is 173 Å². The molecule has 2 N–H and O–H groups in total. The molecule has 2 aromatic carbocycles. The highest BCUT2D eigenvalue weighted by Crippen LogP contribution is 2.15. The van der Waals surface area contributed by atoms with Crippen LogP contribution in [0.4, 0.5) is 5.69 Å². The Bertz CT molecular complexity index is 770. The third-order valence-electron chi connectivity index (χ3n) is 4.97. The first-order valence-corrected chi connectivity index (χ1v) is 10.4. The van der Waals surface area contributed by atoms with Crippen LogP contribution in [0.25, 0.3) is 0 Å². The Hall–Kier alpha value is -3.02. The molecule has 0 spiro atoms. The summed E-state index contributed by atoms with van der Waals surface area (Å²) in [4.78, 5) is 21.5. The zero-order valence-electron chi connectivity index (χ0n) is 17.2. The van der Waals surface area contributed by atoms with Gasteiger partial charge in [0.2, 0.25) is 5.91 Å². The molecule has 6 nitrogen and oxygen atoms in total. The Morgan fingerprint density at radius 3 is 2.24 bits per heavy atom. The summed E-state index contributed by atoms with van der Waals surface area (Å²) in [6, 6.07) is 20.5. The van der Waals surface area contributed by atoms with Crippen LogP contribution < -0.4 is 15.5 Å². The highest BCUT2D eigenvalue weighted by molar-refractivity contribution is 5.81. The van der Waals surface area contributed by atoms with Crippen LogP contribution in [-0.2, 0) is 11.3 Å². The van der Waals surface area contributed by atoms with Gasteiger partial charge in [0.25, 0.3) is 0 Å². The van der Waals surface area contributed by atoms with Crippen LogP contribution in [0.5, 0.6) is 0 Å². The number of hydrogen-bond acceptors (Lipinski definition) is 3. The fraction of sp³-hybridized carbons (Fsp3) is 0.391. The molecule has 0 radical (unpaired) electrons. The summed E-state index contributed by atoms with van der Waals surface area (Å²) in [7, 11) is 0. The highest BCUT2D eigenvalue weighted by Gasteiger charge is 2.19. The van der Waals surface area contributed by atoms with E-state index in [2.05, 4.69) is 56.6 Å². The number of benzene rings is 2. The van der Waals surface area contributed by atoms with E-state index >= 15 is 0 Å². The molecule has 6 heteroatoms. The van der Waals surface area contributed by atoms with Gasteiger partial charge < -0.3 is 20.4 Å². The Kier molecular flexibility index (Phi) is 7.92. The Morgan fingerprint density at radius 2 is 1.59 bits per heavy atom. The van der Waals surface area contributed by atoms with Gasteiger partial charge in [0.1, 0.15) is 0 Å². The topological polar surface area (TPSA) is 60.0 Å². The maximum atomic E-state index is 12.1. The predicted molar refractivity (Wildman–Crippen MR) is 119 cm³/mol. The fourth-order valence-corrected chi connectivity index (χ4v) is 3.39. The molecule has 1 saturated heterocycles. The molecule has 29 heavy (non-hydrogen) atoms. The number of piperazine rings is 1. The summed E-state index contributed by atoms with van der Waals surface area (Å²) in [6.07, 6.45) is 0.395. The van der Waals surface area contributed by atoms with Crippen LogP contribution >= 0.6 is 0 Å². The van der Waals surface area contributed by atoms with Gasteiger partial charge in [-0.05, 0) is 24.6 Å². The Balaban J connectivity index is 1.45. The molecule has 0 aliphatic carbocycles. The number of nitrogens with one attached hydrogen (secondary N) is 2. The first kappa shape index (κ1) is 20.7. The van der Waals surface area contributed by atoms with Crippen LogP contribution in [0.1, 0.15) is 18.9 Å². The van der Waals surface area contributed by atoms with Gasteiger partial charge in [-0.2, -0.15) is 0 Å². The lowest BCUT2D eigenvalue weighted by Crippen LogP contribution is -2.52. The van der Waals surface area contributed by atoms with E-state index in [1.54, 1.807) is 0 Å². The van der Waals surface area contributed by atoms with Crippen molar-refractivity contribution < 1.29 is 4.79 Å². The molecule has 2 aromatic rings. The molecule has 0 aromatic heterocycles. The van der Waals surface area contributed by atoms with Crippen molar-refractivity contribution in [3.05, 3.63) is 66.2 Å². The number of carbonyl (C=O) groups is 1. The quantitative estimate of drug-likeness (QED) is 0.561. The maximum absolute atomic E-state index is 12.1. The standard InChI is InChI=1S/C23H31N5O/c1-2-24-23(25-14-13-22(29)26-19-20-9-5-3-6-10-20)28-17-15-27(16-18-28)21-11-7-4-8-12-21/h3-12H,2,13-19H2,1H3,(H,24,25)(H,26,29). The normalized spacial score (nSPS) is 14.6. The molecule has 0 saturated carbocycles. The molecule has 0 unspecified atom stereocenters. The third kappa shape index (κ3) is 6.52. The molecule has 1 aliphatic heterocycles. The van der Waals surface area contributed by atoms with Crippen LogP contribution in [0.2, 0.25) is 0 Å². The van der Waals surface area contributed by atoms with E-state index in [9.17, 15) is 4.79 Å². The molecular weight excluding hydrogens is 362 g/mol. The number of anilines is 1. The molecule has 0 bridgehead atoms. The lowest BCUT2D eigenvalue weighted by atomic mass is 10.2. The SMILES string of the molecule is CCNC(=NCCC(=O)NCc1ccccc1)N1CCN(c2ccccc2)CC1. The van der Waals surface area contributed by atoms with Gasteiger partial charge in [-0.25, -0.2) is 0 Å². The summed E-state index contributed by atoms with van der Waals surface area (Å²) in [5.41, 5.74) is 2.37. The monoisotopic (exact) mass is 393 g/mol. The number of guanidine groups is 1. The number of nitrogens with zero attached hydrogens (tertiary/aromatic N) is 3. The van der Waals surface area contributed by atoms with E-state index < -0.39 is 0 Å². The minimum atomic E-state index is 0.0300. The lowest BCUT2D eigenvalue weighted by molar-refractivity contribution is -0.121. The van der Waals surface area contributed by atoms with E-state index in [0.29, 0.717) is 19.5 Å². The predicted octanol–water partition coefficient (Wildman–Crippen LogP) is 2.48. The van der Waals surface area contributed by atoms with Gasteiger partial charge >= 0.3 is 0 Å². The fourth-order valence-electron chi connectivity index (χ4n) is 3.39. The first-order chi connectivity index (χ1) is 14.3. The largest absolute Gasteiger partial charge is 0.368 e. The average Bonchev–Trinajstić information content (AvgIpc) is 2.78. The maximum Gasteiger partial charge on any atom is 0.222 e. The van der Waals surface area contributed by atoms with E-state index in [1.165, 1.54) is 5.69 Å². The smallest absolute Gasteiger partial charge is 0.222 e. The van der Waals surface area contributed by atoms with Gasteiger partial charge in [-0.1, -0.05) is 48.5 Å². The molecule has 154 valence electrons. The number of amides is 1. The number of carbonyl (C=O) groups excluding carboxylic acids is 1.